The van der Waals surface area contributed by atoms with Gasteiger partial charge in [-0.1, -0.05) is 17.7 Å². The maximum absolute atomic E-state index is 13.7. The molecule has 0 aliphatic rings. The number of benzene rings is 3. The summed E-state index contributed by atoms with van der Waals surface area (Å²) in [6.45, 7) is 5.07. The average Bonchev–Trinajstić information content (AvgIpc) is 3.24. The van der Waals surface area contributed by atoms with Gasteiger partial charge in [-0.25, -0.2) is 18.2 Å². The van der Waals surface area contributed by atoms with Crippen LogP contribution in [0.1, 0.15) is 22.5 Å². The number of sulfonamides is 1. The van der Waals surface area contributed by atoms with E-state index in [1.807, 2.05) is 31.4 Å². The molecule has 0 atom stereocenters. The Morgan fingerprint density at radius 1 is 0.976 bits per heavy atom. The molecule has 1 heterocycles. The number of amides is 1. The molecule has 9 nitrogen and oxygen atoms in total. The van der Waals surface area contributed by atoms with Crippen LogP contribution in [0.15, 0.2) is 82.8 Å². The predicted octanol–water partition coefficient (Wildman–Crippen LogP) is 4.90. The van der Waals surface area contributed by atoms with Crippen molar-refractivity contribution < 1.29 is 27.1 Å². The van der Waals surface area contributed by atoms with Crippen LogP contribution in [0.2, 0.25) is 0 Å². The fraction of sp³-hybridized carbons (Fsp3) is 0.200. The van der Waals surface area contributed by atoms with Gasteiger partial charge < -0.3 is 14.0 Å². The molecule has 0 unspecified atom stereocenters. The number of aryl methyl sites for hydroxylation is 2. The summed E-state index contributed by atoms with van der Waals surface area (Å²) in [5, 5.41) is 4.08. The van der Waals surface area contributed by atoms with Crippen LogP contribution in [0, 0.1) is 26.6 Å². The first-order valence-electron chi connectivity index (χ1n) is 12.6. The lowest BCUT2D eigenvalue weighted by atomic mass is 10.2. The van der Waals surface area contributed by atoms with Crippen molar-refractivity contribution in [2.45, 2.75) is 25.7 Å². The Hall–Kier alpha value is -4.64. The second-order valence-corrected chi connectivity index (χ2v) is 11.2. The standard InChI is InChI=1S/C30H31FN4O5S/c1-20-6-13-27(14-7-20)41(37,38)34(28-15-12-26(39-4)17-29(28)40-5)19-30(36)33-32-18-23-16-21(2)35(22(23)3)25-10-8-24(31)9-11-25/h6-18H,19H2,1-5H3,(H,33,36)/b32-18+. The van der Waals surface area contributed by atoms with E-state index in [0.29, 0.717) is 5.75 Å². The number of anilines is 1. The van der Waals surface area contributed by atoms with Crippen LogP contribution in [0.4, 0.5) is 10.1 Å². The highest BCUT2D eigenvalue weighted by Gasteiger charge is 2.29. The van der Waals surface area contributed by atoms with Gasteiger partial charge in [0.15, 0.2) is 0 Å². The molecule has 0 aliphatic carbocycles. The van der Waals surface area contributed by atoms with Crippen LogP contribution < -0.4 is 19.2 Å². The maximum Gasteiger partial charge on any atom is 0.264 e. The summed E-state index contributed by atoms with van der Waals surface area (Å²) < 4.78 is 54.4. The highest BCUT2D eigenvalue weighted by molar-refractivity contribution is 7.92. The average molecular weight is 579 g/mol. The number of ether oxygens (including phenoxy) is 2. The van der Waals surface area contributed by atoms with Gasteiger partial charge in [-0.05, 0) is 75.4 Å². The zero-order valence-corrected chi connectivity index (χ0v) is 24.2. The molecule has 0 bridgehead atoms. The van der Waals surface area contributed by atoms with E-state index in [-0.39, 0.29) is 22.1 Å². The number of methoxy groups -OCH3 is 2. The third kappa shape index (κ3) is 6.41. The normalized spacial score (nSPS) is 11.5. The molecule has 4 rings (SSSR count). The Balaban J connectivity index is 1.60. The molecule has 4 aromatic rings. The second kappa shape index (κ2) is 12.3. The van der Waals surface area contributed by atoms with Crippen LogP contribution in [-0.4, -0.2) is 45.9 Å². The third-order valence-corrected chi connectivity index (χ3v) is 8.27. The fourth-order valence-electron chi connectivity index (χ4n) is 4.37. The van der Waals surface area contributed by atoms with E-state index < -0.39 is 22.5 Å². The molecule has 0 fully saturated rings. The maximum atomic E-state index is 13.7. The van der Waals surface area contributed by atoms with Crippen molar-refractivity contribution in [3.63, 3.8) is 0 Å². The van der Waals surface area contributed by atoms with Gasteiger partial charge in [-0.2, -0.15) is 5.10 Å². The molecule has 0 saturated carbocycles. The molecule has 0 aliphatic heterocycles. The highest BCUT2D eigenvalue weighted by atomic mass is 32.2. The SMILES string of the molecule is COc1ccc(N(CC(=O)N/N=C/c2cc(C)n(-c3ccc(F)cc3)c2C)S(=O)(=O)c2ccc(C)cc2)c(OC)c1. The van der Waals surface area contributed by atoms with Crippen LogP contribution >= 0.6 is 0 Å². The van der Waals surface area contributed by atoms with Crippen molar-refractivity contribution in [1.82, 2.24) is 9.99 Å². The van der Waals surface area contributed by atoms with Gasteiger partial charge in [0.1, 0.15) is 23.9 Å². The van der Waals surface area contributed by atoms with Crippen LogP contribution in [0.25, 0.3) is 5.69 Å². The van der Waals surface area contributed by atoms with Crippen molar-refractivity contribution in [2.75, 3.05) is 25.1 Å². The van der Waals surface area contributed by atoms with E-state index >= 15 is 0 Å². The van der Waals surface area contributed by atoms with Crippen molar-refractivity contribution in [3.8, 4) is 17.2 Å². The number of rotatable bonds is 10. The highest BCUT2D eigenvalue weighted by Crippen LogP contribution is 2.35. The van der Waals surface area contributed by atoms with Gasteiger partial charge in [0.2, 0.25) is 0 Å². The van der Waals surface area contributed by atoms with Crippen molar-refractivity contribution in [3.05, 3.63) is 101 Å². The smallest absolute Gasteiger partial charge is 0.264 e. The molecular formula is C30H31FN4O5S. The van der Waals surface area contributed by atoms with Crippen molar-refractivity contribution in [1.29, 1.82) is 0 Å². The van der Waals surface area contributed by atoms with Crippen LogP contribution in [-0.2, 0) is 14.8 Å². The van der Waals surface area contributed by atoms with Gasteiger partial charge in [-0.3, -0.25) is 9.10 Å². The molecule has 41 heavy (non-hydrogen) atoms. The lowest BCUT2D eigenvalue weighted by Gasteiger charge is -2.25. The Bertz CT molecular complexity index is 1680. The molecule has 1 aromatic heterocycles. The number of nitrogens with zero attached hydrogens (tertiary/aromatic N) is 3. The van der Waals surface area contributed by atoms with E-state index in [1.165, 1.54) is 50.8 Å². The predicted molar refractivity (Wildman–Crippen MR) is 156 cm³/mol. The molecule has 1 amide bonds. The minimum atomic E-state index is -4.17. The molecule has 0 spiro atoms. The topological polar surface area (TPSA) is 102 Å². The van der Waals surface area contributed by atoms with Gasteiger partial charge in [-0.15, -0.1) is 0 Å². The third-order valence-electron chi connectivity index (χ3n) is 6.50. The van der Waals surface area contributed by atoms with Crippen molar-refractivity contribution >= 4 is 27.8 Å². The zero-order chi connectivity index (χ0) is 29.7. The number of aromatic nitrogens is 1. The monoisotopic (exact) mass is 578 g/mol. The number of carbonyl (C=O) groups excluding carboxylic acids is 1. The molecular weight excluding hydrogens is 547 g/mol. The number of hydrogen-bond acceptors (Lipinski definition) is 6. The van der Waals surface area contributed by atoms with E-state index in [9.17, 15) is 17.6 Å². The summed E-state index contributed by atoms with van der Waals surface area (Å²) in [6.07, 6.45) is 1.48. The summed E-state index contributed by atoms with van der Waals surface area (Å²) in [5.41, 5.74) is 6.72. The first-order valence-corrected chi connectivity index (χ1v) is 14.1. The van der Waals surface area contributed by atoms with Gasteiger partial charge in [0.05, 0.1) is 31.0 Å². The van der Waals surface area contributed by atoms with E-state index in [0.717, 1.165) is 32.5 Å². The minimum Gasteiger partial charge on any atom is -0.497 e. The number of nitrogens with one attached hydrogen (secondary N) is 1. The summed E-state index contributed by atoms with van der Waals surface area (Å²) in [6, 6.07) is 19.0. The number of halogens is 1. The van der Waals surface area contributed by atoms with E-state index in [4.69, 9.17) is 9.47 Å². The largest absolute Gasteiger partial charge is 0.497 e. The molecule has 11 heteroatoms. The Labute approximate surface area is 238 Å². The minimum absolute atomic E-state index is 0.0190. The quantitative estimate of drug-likeness (QED) is 0.213. The lowest BCUT2D eigenvalue weighted by Crippen LogP contribution is -2.39. The molecule has 214 valence electrons. The molecule has 0 radical (unpaired) electrons. The van der Waals surface area contributed by atoms with Crippen LogP contribution in [0.5, 0.6) is 11.5 Å². The van der Waals surface area contributed by atoms with Gasteiger partial charge in [0.25, 0.3) is 15.9 Å². The lowest BCUT2D eigenvalue weighted by molar-refractivity contribution is -0.119. The summed E-state index contributed by atoms with van der Waals surface area (Å²) in [5.74, 6) is -0.316. The first kappa shape index (κ1) is 29.3. The van der Waals surface area contributed by atoms with Gasteiger partial charge >= 0.3 is 0 Å². The summed E-state index contributed by atoms with van der Waals surface area (Å²) >= 11 is 0. The summed E-state index contributed by atoms with van der Waals surface area (Å²) in [4.78, 5) is 13.1. The molecule has 3 aromatic carbocycles. The van der Waals surface area contributed by atoms with Crippen LogP contribution in [0.3, 0.4) is 0 Å². The molecule has 1 N–H and O–H groups in total. The summed E-state index contributed by atoms with van der Waals surface area (Å²) in [7, 11) is -1.28. The number of carbonyl (C=O) groups is 1. The zero-order valence-electron chi connectivity index (χ0n) is 23.4. The second-order valence-electron chi connectivity index (χ2n) is 9.29. The Morgan fingerprint density at radius 2 is 1.66 bits per heavy atom. The van der Waals surface area contributed by atoms with Crippen molar-refractivity contribution in [2.24, 2.45) is 5.10 Å². The first-order chi connectivity index (χ1) is 19.5. The number of hydrazone groups is 1. The van der Waals surface area contributed by atoms with Gasteiger partial charge in [0, 0.05) is 28.7 Å². The van der Waals surface area contributed by atoms with E-state index in [1.54, 1.807) is 36.4 Å². The van der Waals surface area contributed by atoms with E-state index in [2.05, 4.69) is 10.5 Å². The fourth-order valence-corrected chi connectivity index (χ4v) is 5.80. The number of hydrogen-bond donors (Lipinski definition) is 1. The Kier molecular flexibility index (Phi) is 8.77. The molecule has 0 saturated heterocycles. The Morgan fingerprint density at radius 3 is 2.29 bits per heavy atom.